The SMILES string of the molecule is Cc1cc(C(C)(C)C)cc(C)c1N1c2cc(C(C)(C)C)cc3c2B(c2cc(C(C)(C)C)ccc2N3c2c(C)cc3c(c2C)OCCCO3)c2sc3ccc(C(C)(C)C)cc3c21. The quantitative estimate of drug-likeness (QED) is 0.162. The maximum atomic E-state index is 6.55. The molecule has 0 saturated carbocycles. The van der Waals surface area contributed by atoms with Gasteiger partial charge in [0.05, 0.1) is 30.3 Å². The molecule has 0 radical (unpaired) electrons. The first-order chi connectivity index (χ1) is 28.4. The molecule has 5 aromatic carbocycles. The maximum absolute atomic E-state index is 6.55. The summed E-state index contributed by atoms with van der Waals surface area (Å²) >= 11 is 1.99. The number of hydrogen-bond acceptors (Lipinski definition) is 5. The summed E-state index contributed by atoms with van der Waals surface area (Å²) < 4.78 is 15.6. The summed E-state index contributed by atoms with van der Waals surface area (Å²) in [6, 6.07) is 26.8. The smallest absolute Gasteiger partial charge is 0.264 e. The van der Waals surface area contributed by atoms with Crippen molar-refractivity contribution in [2.45, 2.75) is 139 Å². The van der Waals surface area contributed by atoms with Gasteiger partial charge in [-0.15, -0.1) is 11.3 Å². The molecule has 4 nitrogen and oxygen atoms in total. The topological polar surface area (TPSA) is 24.9 Å². The Bertz CT molecular complexity index is 2760. The second-order valence-electron chi connectivity index (χ2n) is 22.3. The number of rotatable bonds is 2. The summed E-state index contributed by atoms with van der Waals surface area (Å²) in [6.07, 6.45) is 0.869. The lowest BCUT2D eigenvalue weighted by atomic mass is 9.36. The minimum Gasteiger partial charge on any atom is -0.490 e. The standard InChI is InChI=1S/C55H65BN2O2S/c1-31-24-37(54(11,12)13)25-32(2)47(31)58-43-30-38(55(14,15)16)29-42-46(43)56(51-49(58)39-27-35(52(5,6)7)19-21-45(39)61-51)40-28-36(53(8,9)10)18-20-41(40)57(42)48-33(3)26-44-50(34(48)4)60-23-17-22-59-44/h18-21,24-30H,17,22-23H2,1-16H3. The van der Waals surface area contributed by atoms with E-state index >= 15 is 0 Å². The first kappa shape index (κ1) is 41.7. The Labute approximate surface area is 370 Å². The molecule has 0 N–H and O–H groups in total. The lowest BCUT2D eigenvalue weighted by Crippen LogP contribution is -2.61. The van der Waals surface area contributed by atoms with Crippen LogP contribution in [-0.4, -0.2) is 19.9 Å². The molecular weight excluding hydrogens is 763 g/mol. The van der Waals surface area contributed by atoms with Crippen LogP contribution in [0.1, 0.15) is 134 Å². The van der Waals surface area contributed by atoms with Gasteiger partial charge in [0.2, 0.25) is 0 Å². The fraction of sp³-hybridized carbons (Fsp3) is 0.418. The number of hydrogen-bond donors (Lipinski definition) is 0. The van der Waals surface area contributed by atoms with E-state index in [0.29, 0.717) is 13.2 Å². The van der Waals surface area contributed by atoms with Gasteiger partial charge in [-0.1, -0.05) is 113 Å². The van der Waals surface area contributed by atoms with Crippen LogP contribution in [0.15, 0.2) is 66.7 Å². The van der Waals surface area contributed by atoms with E-state index in [1.54, 1.807) is 0 Å². The molecule has 0 spiro atoms. The molecule has 0 aliphatic carbocycles. The van der Waals surface area contributed by atoms with E-state index in [0.717, 1.165) is 23.5 Å². The van der Waals surface area contributed by atoms with Crippen molar-refractivity contribution >= 4 is 78.0 Å². The van der Waals surface area contributed by atoms with Crippen LogP contribution in [0, 0.1) is 27.7 Å². The largest absolute Gasteiger partial charge is 0.490 e. The van der Waals surface area contributed by atoms with E-state index in [4.69, 9.17) is 9.47 Å². The zero-order valence-corrected chi connectivity index (χ0v) is 40.5. The van der Waals surface area contributed by atoms with Gasteiger partial charge in [-0.3, -0.25) is 0 Å². The Morgan fingerprint density at radius 1 is 0.525 bits per heavy atom. The lowest BCUT2D eigenvalue weighted by molar-refractivity contribution is 0.296. The van der Waals surface area contributed by atoms with Gasteiger partial charge >= 0.3 is 0 Å². The van der Waals surface area contributed by atoms with Crippen molar-refractivity contribution in [3.8, 4) is 11.5 Å². The van der Waals surface area contributed by atoms with Gasteiger partial charge in [0.1, 0.15) is 0 Å². The summed E-state index contributed by atoms with van der Waals surface area (Å²) in [5.41, 5.74) is 20.4. The Morgan fingerprint density at radius 2 is 1.07 bits per heavy atom. The van der Waals surface area contributed by atoms with Gasteiger partial charge in [-0.2, -0.15) is 0 Å². The van der Waals surface area contributed by atoms with E-state index < -0.39 is 0 Å². The van der Waals surface area contributed by atoms with Crippen molar-refractivity contribution in [3.63, 3.8) is 0 Å². The molecule has 6 aromatic rings. The fourth-order valence-corrected chi connectivity index (χ4v) is 11.3. The average Bonchev–Trinajstić information content (AvgIpc) is 3.36. The van der Waals surface area contributed by atoms with E-state index in [1.807, 2.05) is 11.3 Å². The van der Waals surface area contributed by atoms with Gasteiger partial charge in [-0.05, 0) is 136 Å². The molecule has 0 fully saturated rings. The normalized spacial score (nSPS) is 15.2. The van der Waals surface area contributed by atoms with Gasteiger partial charge in [0.25, 0.3) is 6.71 Å². The second-order valence-corrected chi connectivity index (χ2v) is 23.4. The van der Waals surface area contributed by atoms with Crippen LogP contribution < -0.4 is 35.0 Å². The number of aryl methyl sites for hydroxylation is 3. The molecule has 1 aromatic heterocycles. The van der Waals surface area contributed by atoms with Crippen molar-refractivity contribution in [1.29, 1.82) is 0 Å². The highest BCUT2D eigenvalue weighted by atomic mass is 32.1. The summed E-state index contributed by atoms with van der Waals surface area (Å²) in [4.78, 5) is 5.30. The number of fused-ring (bicyclic) bond motifs is 7. The van der Waals surface area contributed by atoms with Gasteiger partial charge < -0.3 is 19.3 Å². The number of thiophene rings is 1. The van der Waals surface area contributed by atoms with Crippen LogP contribution in [0.2, 0.25) is 0 Å². The average molecular weight is 829 g/mol. The van der Waals surface area contributed by atoms with E-state index in [9.17, 15) is 0 Å². The Kier molecular flexibility index (Phi) is 9.50. The third-order valence-electron chi connectivity index (χ3n) is 13.5. The summed E-state index contributed by atoms with van der Waals surface area (Å²) in [5.74, 6) is 1.71. The predicted octanol–water partition coefficient (Wildman–Crippen LogP) is 13.6. The highest BCUT2D eigenvalue weighted by Crippen LogP contribution is 2.53. The zero-order valence-electron chi connectivity index (χ0n) is 39.7. The number of nitrogens with zero attached hydrogens (tertiary/aromatic N) is 2. The minimum absolute atomic E-state index is 0.00505. The van der Waals surface area contributed by atoms with E-state index in [1.165, 1.54) is 98.9 Å². The molecule has 0 atom stereocenters. The molecule has 6 heteroatoms. The molecule has 0 amide bonds. The highest BCUT2D eigenvalue weighted by Gasteiger charge is 2.47. The van der Waals surface area contributed by atoms with E-state index in [-0.39, 0.29) is 28.4 Å². The molecule has 9 rings (SSSR count). The number of anilines is 6. The Hall–Kier alpha value is -4.68. The highest BCUT2D eigenvalue weighted by molar-refractivity contribution is 7.33. The lowest BCUT2D eigenvalue weighted by Gasteiger charge is -2.45. The van der Waals surface area contributed by atoms with Crippen molar-refractivity contribution in [2.24, 2.45) is 0 Å². The van der Waals surface area contributed by atoms with Crippen molar-refractivity contribution in [3.05, 3.63) is 111 Å². The van der Waals surface area contributed by atoms with Crippen molar-refractivity contribution in [2.75, 3.05) is 23.0 Å². The molecular formula is C55H65BN2O2S. The van der Waals surface area contributed by atoms with Crippen LogP contribution in [0.4, 0.5) is 34.1 Å². The van der Waals surface area contributed by atoms with E-state index in [2.05, 4.69) is 187 Å². The first-order valence-corrected chi connectivity index (χ1v) is 23.3. The third kappa shape index (κ3) is 6.69. The predicted molar refractivity (Wildman–Crippen MR) is 265 cm³/mol. The van der Waals surface area contributed by atoms with Crippen LogP contribution in [-0.2, 0) is 21.7 Å². The van der Waals surface area contributed by atoms with Gasteiger partial charge in [-0.25, -0.2) is 0 Å². The van der Waals surface area contributed by atoms with Crippen molar-refractivity contribution < 1.29 is 9.47 Å². The van der Waals surface area contributed by atoms with Crippen LogP contribution >= 0.6 is 11.3 Å². The molecule has 61 heavy (non-hydrogen) atoms. The van der Waals surface area contributed by atoms with Crippen LogP contribution in [0.25, 0.3) is 10.1 Å². The molecule has 0 saturated heterocycles. The maximum Gasteiger partial charge on any atom is 0.264 e. The Morgan fingerprint density at radius 3 is 1.69 bits per heavy atom. The summed E-state index contributed by atoms with van der Waals surface area (Å²) in [6.45, 7) is 38.6. The molecule has 4 heterocycles. The molecule has 3 aliphatic heterocycles. The van der Waals surface area contributed by atoms with Crippen LogP contribution in [0.3, 0.4) is 0 Å². The molecule has 0 unspecified atom stereocenters. The number of benzene rings is 5. The minimum atomic E-state index is -0.125. The van der Waals surface area contributed by atoms with Crippen molar-refractivity contribution in [1.82, 2.24) is 0 Å². The molecule has 316 valence electrons. The van der Waals surface area contributed by atoms with Crippen LogP contribution in [0.5, 0.6) is 11.5 Å². The summed E-state index contributed by atoms with van der Waals surface area (Å²) in [5, 5.41) is 1.34. The zero-order chi connectivity index (χ0) is 43.9. The first-order valence-electron chi connectivity index (χ1n) is 22.5. The summed E-state index contributed by atoms with van der Waals surface area (Å²) in [7, 11) is 0. The Balaban J connectivity index is 1.47. The second kappa shape index (κ2) is 13.9. The fourth-order valence-electron chi connectivity index (χ4n) is 10.0. The van der Waals surface area contributed by atoms with Gasteiger partial charge in [0, 0.05) is 43.9 Å². The molecule has 3 aliphatic rings. The van der Waals surface area contributed by atoms with Gasteiger partial charge in [0.15, 0.2) is 11.5 Å². The monoisotopic (exact) mass is 828 g/mol. The third-order valence-corrected chi connectivity index (χ3v) is 14.7. The number of ether oxygens (including phenoxy) is 2. The molecule has 0 bridgehead atoms.